The Morgan fingerprint density at radius 2 is 1.97 bits per heavy atom. The number of carbonyl (C=O) groups is 1. The van der Waals surface area contributed by atoms with Gasteiger partial charge in [-0.1, -0.05) is 19.1 Å². The van der Waals surface area contributed by atoms with Crippen LogP contribution in [0.4, 0.5) is 21.5 Å². The number of nitro groups is 1. The fourth-order valence-electron chi connectivity index (χ4n) is 2.79. The molecule has 0 aliphatic heterocycles. The number of amides is 1. The van der Waals surface area contributed by atoms with Gasteiger partial charge in [0.05, 0.1) is 29.7 Å². The van der Waals surface area contributed by atoms with Gasteiger partial charge >= 0.3 is 0 Å². The Morgan fingerprint density at radius 1 is 1.31 bits per heavy atom. The number of hydrogen-bond acceptors (Lipinski definition) is 6. The molecule has 0 aliphatic rings. The first-order chi connectivity index (χ1) is 13.6. The second kappa shape index (κ2) is 8.86. The first-order valence-electron chi connectivity index (χ1n) is 8.47. The lowest BCUT2D eigenvalue weighted by molar-refractivity contribution is -0.384. The Labute approximate surface area is 167 Å². The molecule has 0 fully saturated rings. The molecule has 0 spiro atoms. The second-order valence-corrected chi connectivity index (χ2v) is 7.92. The molecule has 156 valence electrons. The highest BCUT2D eigenvalue weighted by Gasteiger charge is 2.33. The number of benzene rings is 2. The van der Waals surface area contributed by atoms with Crippen molar-refractivity contribution >= 4 is 33.0 Å². The predicted octanol–water partition coefficient (Wildman–Crippen LogP) is 2.93. The summed E-state index contributed by atoms with van der Waals surface area (Å²) in [6.45, 7) is 1.56. The molecule has 0 aromatic heterocycles. The number of carbonyl (C=O) groups excluding carboxylic acids is 1. The van der Waals surface area contributed by atoms with Crippen molar-refractivity contribution in [2.24, 2.45) is 0 Å². The number of para-hydroxylation sites is 1. The van der Waals surface area contributed by atoms with Crippen molar-refractivity contribution in [2.75, 3.05) is 23.0 Å². The summed E-state index contributed by atoms with van der Waals surface area (Å²) in [7, 11) is -2.72. The maximum Gasteiger partial charge on any atom is 0.271 e. The topological polar surface area (TPSA) is 119 Å². The van der Waals surface area contributed by atoms with Crippen molar-refractivity contribution < 1.29 is 27.3 Å². The first kappa shape index (κ1) is 22.1. The fourth-order valence-corrected chi connectivity index (χ4v) is 4.00. The van der Waals surface area contributed by atoms with Gasteiger partial charge in [-0.15, -0.1) is 0 Å². The summed E-state index contributed by atoms with van der Waals surface area (Å²) in [5, 5.41) is 13.5. The predicted molar refractivity (Wildman–Crippen MR) is 106 cm³/mol. The van der Waals surface area contributed by atoms with E-state index in [4.69, 9.17) is 4.74 Å². The number of nitro benzene ring substituents is 1. The lowest BCUT2D eigenvalue weighted by Crippen LogP contribution is -2.47. The van der Waals surface area contributed by atoms with Gasteiger partial charge in [0.15, 0.2) is 0 Å². The number of methoxy groups -OCH3 is 1. The number of ether oxygens (including phenoxy) is 1. The van der Waals surface area contributed by atoms with Crippen molar-refractivity contribution in [1.82, 2.24) is 0 Å². The molecule has 1 N–H and O–H groups in total. The quantitative estimate of drug-likeness (QED) is 0.513. The van der Waals surface area contributed by atoms with Crippen LogP contribution >= 0.6 is 0 Å². The summed E-state index contributed by atoms with van der Waals surface area (Å²) in [6, 6.07) is 7.48. The molecule has 0 bridgehead atoms. The van der Waals surface area contributed by atoms with Crippen molar-refractivity contribution in [2.45, 2.75) is 19.4 Å². The zero-order valence-corrected chi connectivity index (χ0v) is 16.8. The van der Waals surface area contributed by atoms with Crippen LogP contribution in [0.2, 0.25) is 0 Å². The van der Waals surface area contributed by atoms with Crippen molar-refractivity contribution in [3.8, 4) is 5.75 Å². The summed E-state index contributed by atoms with van der Waals surface area (Å²) < 4.78 is 44.8. The summed E-state index contributed by atoms with van der Waals surface area (Å²) in [5.41, 5.74) is -0.571. The van der Waals surface area contributed by atoms with E-state index in [1.807, 2.05) is 0 Å². The van der Waals surface area contributed by atoms with Gasteiger partial charge in [-0.05, 0) is 24.6 Å². The molecule has 0 saturated carbocycles. The molecule has 2 aromatic carbocycles. The van der Waals surface area contributed by atoms with Crippen LogP contribution in [0.1, 0.15) is 13.3 Å². The van der Waals surface area contributed by atoms with Crippen LogP contribution in [-0.4, -0.2) is 38.7 Å². The van der Waals surface area contributed by atoms with Gasteiger partial charge in [0.2, 0.25) is 15.9 Å². The summed E-state index contributed by atoms with van der Waals surface area (Å²) in [6.07, 6.45) is 0.883. The van der Waals surface area contributed by atoms with Crippen LogP contribution in [0.3, 0.4) is 0 Å². The average molecular weight is 425 g/mol. The highest BCUT2D eigenvalue weighted by atomic mass is 32.2. The summed E-state index contributed by atoms with van der Waals surface area (Å²) in [4.78, 5) is 23.3. The van der Waals surface area contributed by atoms with Crippen LogP contribution in [0, 0.1) is 15.9 Å². The van der Waals surface area contributed by atoms with E-state index in [1.165, 1.54) is 37.4 Å². The maximum absolute atomic E-state index is 14.3. The third-order valence-corrected chi connectivity index (χ3v) is 5.24. The van der Waals surface area contributed by atoms with Gasteiger partial charge in [0, 0.05) is 12.1 Å². The van der Waals surface area contributed by atoms with Crippen LogP contribution in [0.15, 0.2) is 42.5 Å². The number of sulfonamides is 1. The maximum atomic E-state index is 14.3. The van der Waals surface area contributed by atoms with E-state index in [0.717, 1.165) is 18.4 Å². The zero-order valence-electron chi connectivity index (χ0n) is 16.0. The Morgan fingerprint density at radius 3 is 2.48 bits per heavy atom. The van der Waals surface area contributed by atoms with E-state index >= 15 is 0 Å². The summed E-state index contributed by atoms with van der Waals surface area (Å²) >= 11 is 0. The number of nitrogens with zero attached hydrogens (tertiary/aromatic N) is 2. The fraction of sp³-hybridized carbons (Fsp3) is 0.278. The third-order valence-electron chi connectivity index (χ3n) is 4.07. The zero-order chi connectivity index (χ0) is 21.8. The molecular formula is C18H20FN3O6S. The largest absolute Gasteiger partial charge is 0.495 e. The molecule has 29 heavy (non-hydrogen) atoms. The van der Waals surface area contributed by atoms with Gasteiger partial charge in [0.25, 0.3) is 5.69 Å². The molecule has 2 aromatic rings. The standard InChI is InChI=1S/C18H20FN3O6S/c1-4-15(21(29(3,26)27)16-8-6-5-7-13(16)19)18(23)20-14-11-12(22(24)25)9-10-17(14)28-2/h5-11,15H,4H2,1-3H3,(H,20,23). The lowest BCUT2D eigenvalue weighted by Gasteiger charge is -2.30. The molecule has 1 amide bonds. The number of hydrogen-bond donors (Lipinski definition) is 1. The Kier molecular flexibility index (Phi) is 6.75. The smallest absolute Gasteiger partial charge is 0.271 e. The highest BCUT2D eigenvalue weighted by Crippen LogP contribution is 2.31. The van der Waals surface area contributed by atoms with Gasteiger partial charge in [0.1, 0.15) is 17.6 Å². The normalized spacial score (nSPS) is 12.1. The van der Waals surface area contributed by atoms with E-state index in [2.05, 4.69) is 5.32 Å². The van der Waals surface area contributed by atoms with Crippen LogP contribution in [-0.2, 0) is 14.8 Å². The molecule has 0 aliphatic carbocycles. The number of halogens is 1. The van der Waals surface area contributed by atoms with Gasteiger partial charge in [-0.25, -0.2) is 12.8 Å². The van der Waals surface area contributed by atoms with Gasteiger partial charge in [-0.2, -0.15) is 0 Å². The van der Waals surface area contributed by atoms with Crippen molar-refractivity contribution in [1.29, 1.82) is 0 Å². The van der Waals surface area contributed by atoms with Crippen LogP contribution < -0.4 is 14.4 Å². The molecule has 1 unspecified atom stereocenters. The van der Waals surface area contributed by atoms with E-state index < -0.39 is 32.7 Å². The van der Waals surface area contributed by atoms with E-state index in [-0.39, 0.29) is 29.2 Å². The number of nitrogens with one attached hydrogen (secondary N) is 1. The Balaban J connectivity index is 2.47. The molecule has 2 rings (SSSR count). The third kappa shape index (κ3) is 4.99. The molecule has 9 nitrogen and oxygen atoms in total. The Hall–Kier alpha value is -3.21. The number of non-ortho nitro benzene ring substituents is 1. The van der Waals surface area contributed by atoms with Gasteiger partial charge in [-0.3, -0.25) is 19.2 Å². The highest BCUT2D eigenvalue weighted by molar-refractivity contribution is 7.92. The first-order valence-corrected chi connectivity index (χ1v) is 10.3. The SMILES string of the molecule is CCC(C(=O)Nc1cc([N+](=O)[O-])ccc1OC)N(c1ccccc1F)S(C)(=O)=O. The van der Waals surface area contributed by atoms with Crippen LogP contribution in [0.25, 0.3) is 0 Å². The molecule has 0 saturated heterocycles. The van der Waals surface area contributed by atoms with Crippen molar-refractivity contribution in [3.05, 3.63) is 58.4 Å². The molecule has 1 atom stereocenters. The molecule has 11 heteroatoms. The van der Waals surface area contributed by atoms with Crippen molar-refractivity contribution in [3.63, 3.8) is 0 Å². The minimum Gasteiger partial charge on any atom is -0.495 e. The molecule has 0 heterocycles. The monoisotopic (exact) mass is 425 g/mol. The van der Waals surface area contributed by atoms with Gasteiger partial charge < -0.3 is 10.1 Å². The summed E-state index contributed by atoms with van der Waals surface area (Å²) in [5.74, 6) is -1.45. The average Bonchev–Trinajstić information content (AvgIpc) is 2.65. The lowest BCUT2D eigenvalue weighted by atomic mass is 10.1. The minimum absolute atomic E-state index is 0.00728. The molecular weight excluding hydrogens is 405 g/mol. The number of rotatable bonds is 8. The van der Waals surface area contributed by atoms with E-state index in [9.17, 15) is 27.7 Å². The van der Waals surface area contributed by atoms with Crippen LogP contribution in [0.5, 0.6) is 5.75 Å². The van der Waals surface area contributed by atoms with E-state index in [1.54, 1.807) is 6.92 Å². The Bertz CT molecular complexity index is 1030. The van der Waals surface area contributed by atoms with E-state index in [0.29, 0.717) is 4.31 Å². The second-order valence-electron chi connectivity index (χ2n) is 6.07. The number of anilines is 2. The molecule has 0 radical (unpaired) electrons. The minimum atomic E-state index is -4.03.